The van der Waals surface area contributed by atoms with Crippen LogP contribution in [0, 0.1) is 0 Å². The minimum atomic E-state index is 0. The molecule has 0 aliphatic rings. The van der Waals surface area contributed by atoms with Crippen LogP contribution in [0.4, 0.5) is 0 Å². The first-order valence-electron chi connectivity index (χ1n) is 3.54. The largest absolute Gasteiger partial charge is 1.00 e. The van der Waals surface area contributed by atoms with Crippen LogP contribution in [0.15, 0.2) is 18.7 Å². The summed E-state index contributed by atoms with van der Waals surface area (Å²) < 4.78 is 4.16. The normalized spacial score (nSPS) is 9.27. The van der Waals surface area contributed by atoms with Crippen LogP contribution in [0.2, 0.25) is 0 Å². The van der Waals surface area contributed by atoms with Crippen LogP contribution in [0.3, 0.4) is 0 Å². The molecule has 3 nitrogen and oxygen atoms in total. The molecule has 0 spiro atoms. The molecule has 1 aromatic heterocycles. The van der Waals surface area contributed by atoms with Crippen molar-refractivity contribution < 1.29 is 17.0 Å². The van der Waals surface area contributed by atoms with Crippen LogP contribution in [0.5, 0.6) is 0 Å². The number of halogens is 1. The first-order chi connectivity index (χ1) is 4.83. The molecule has 0 fully saturated rings. The summed E-state index contributed by atoms with van der Waals surface area (Å²) in [4.78, 5) is 0. The molecule has 0 radical (unpaired) electrons. The molecule has 0 atom stereocenters. The van der Waals surface area contributed by atoms with Crippen molar-refractivity contribution in [1.29, 1.82) is 0 Å². The summed E-state index contributed by atoms with van der Waals surface area (Å²) in [6.45, 7) is 1.79. The Morgan fingerprint density at radius 2 is 2.27 bits per heavy atom. The molecule has 1 heterocycles. The standard InChI is InChI=1S/C7H14N3.ClH/c1-9-5-6-10(7-9)4-2-3-8;/h5-7H,2-4,8H2,1H3;1H/q+1;/p-1. The Bertz CT molecular complexity index is 197. The van der Waals surface area contributed by atoms with E-state index in [1.165, 1.54) is 0 Å². The molecule has 0 amide bonds. The van der Waals surface area contributed by atoms with Gasteiger partial charge in [-0.25, -0.2) is 9.13 Å². The zero-order valence-electron chi connectivity index (χ0n) is 6.70. The quantitative estimate of drug-likeness (QED) is 0.480. The molecule has 0 saturated heterocycles. The van der Waals surface area contributed by atoms with Gasteiger partial charge in [0.15, 0.2) is 0 Å². The second-order valence-corrected chi connectivity index (χ2v) is 2.46. The predicted octanol–water partition coefficient (Wildman–Crippen LogP) is -3.33. The van der Waals surface area contributed by atoms with Crippen molar-refractivity contribution in [1.82, 2.24) is 4.57 Å². The van der Waals surface area contributed by atoms with E-state index < -0.39 is 0 Å². The summed E-state index contributed by atoms with van der Waals surface area (Å²) in [7, 11) is 2.01. The third-order valence-corrected chi connectivity index (χ3v) is 1.44. The maximum atomic E-state index is 5.36. The smallest absolute Gasteiger partial charge is 0.243 e. The van der Waals surface area contributed by atoms with Crippen molar-refractivity contribution in [3.05, 3.63) is 18.7 Å². The van der Waals surface area contributed by atoms with Gasteiger partial charge >= 0.3 is 0 Å². The van der Waals surface area contributed by atoms with Gasteiger partial charge in [0.05, 0.1) is 13.6 Å². The molecule has 0 saturated carbocycles. The molecule has 0 aromatic carbocycles. The van der Waals surface area contributed by atoms with Crippen molar-refractivity contribution >= 4 is 0 Å². The van der Waals surface area contributed by atoms with E-state index >= 15 is 0 Å². The van der Waals surface area contributed by atoms with Crippen LogP contribution in [0.1, 0.15) is 6.42 Å². The van der Waals surface area contributed by atoms with Gasteiger partial charge in [0, 0.05) is 0 Å². The minimum Gasteiger partial charge on any atom is -1.00 e. The summed E-state index contributed by atoms with van der Waals surface area (Å²) in [5.74, 6) is 0. The van der Waals surface area contributed by atoms with Crippen molar-refractivity contribution in [3.63, 3.8) is 0 Å². The lowest BCUT2D eigenvalue weighted by molar-refractivity contribution is -0.671. The molecule has 64 valence electrons. The zero-order chi connectivity index (χ0) is 7.40. The number of hydrogen-bond acceptors (Lipinski definition) is 1. The monoisotopic (exact) mass is 175 g/mol. The van der Waals surface area contributed by atoms with E-state index in [0.29, 0.717) is 0 Å². The molecule has 0 aliphatic carbocycles. The highest BCUT2D eigenvalue weighted by atomic mass is 35.5. The maximum Gasteiger partial charge on any atom is 0.243 e. The predicted molar refractivity (Wildman–Crippen MR) is 39.3 cm³/mol. The first-order valence-corrected chi connectivity index (χ1v) is 3.54. The van der Waals surface area contributed by atoms with Crippen LogP contribution in [-0.2, 0) is 13.6 Å². The lowest BCUT2D eigenvalue weighted by atomic mass is 10.4. The van der Waals surface area contributed by atoms with Gasteiger partial charge in [0.25, 0.3) is 0 Å². The van der Waals surface area contributed by atoms with E-state index in [2.05, 4.69) is 17.1 Å². The zero-order valence-corrected chi connectivity index (χ0v) is 7.46. The van der Waals surface area contributed by atoms with E-state index in [-0.39, 0.29) is 12.4 Å². The molecular formula is C7H14ClN3. The average molecular weight is 176 g/mol. The Morgan fingerprint density at radius 3 is 2.73 bits per heavy atom. The Kier molecular flexibility index (Phi) is 4.90. The minimum absolute atomic E-state index is 0. The third-order valence-electron chi connectivity index (χ3n) is 1.44. The van der Waals surface area contributed by atoms with Crippen molar-refractivity contribution in [2.24, 2.45) is 12.8 Å². The summed E-state index contributed by atoms with van der Waals surface area (Å²) in [6.07, 6.45) is 7.18. The number of nitrogens with two attached hydrogens (primary N) is 1. The van der Waals surface area contributed by atoms with Gasteiger partial charge in [-0.3, -0.25) is 0 Å². The number of imidazole rings is 1. The highest BCUT2D eigenvalue weighted by molar-refractivity contribution is 4.65. The average Bonchev–Trinajstić information content (AvgIpc) is 2.31. The highest BCUT2D eigenvalue weighted by Gasteiger charge is 1.96. The van der Waals surface area contributed by atoms with Gasteiger partial charge in [0.1, 0.15) is 12.4 Å². The summed E-state index contributed by atoms with van der Waals surface area (Å²) in [5.41, 5.74) is 5.36. The van der Waals surface area contributed by atoms with Gasteiger partial charge in [-0.15, -0.1) is 0 Å². The number of rotatable bonds is 3. The second kappa shape index (κ2) is 5.16. The van der Waals surface area contributed by atoms with Crippen LogP contribution in [-0.4, -0.2) is 11.1 Å². The van der Waals surface area contributed by atoms with Crippen LogP contribution < -0.4 is 22.7 Å². The number of aromatic nitrogens is 2. The Morgan fingerprint density at radius 1 is 1.55 bits per heavy atom. The van der Waals surface area contributed by atoms with Crippen molar-refractivity contribution in [3.8, 4) is 0 Å². The van der Waals surface area contributed by atoms with E-state index in [1.807, 2.05) is 17.8 Å². The fraction of sp³-hybridized carbons (Fsp3) is 0.571. The molecule has 1 aromatic rings. The van der Waals surface area contributed by atoms with Gasteiger partial charge in [0.2, 0.25) is 6.33 Å². The van der Waals surface area contributed by atoms with E-state index in [0.717, 1.165) is 19.5 Å². The molecule has 11 heavy (non-hydrogen) atoms. The first kappa shape index (κ1) is 10.5. The molecule has 2 N–H and O–H groups in total. The molecule has 1 rings (SSSR count). The number of nitrogens with zero attached hydrogens (tertiary/aromatic N) is 2. The van der Waals surface area contributed by atoms with E-state index in [1.54, 1.807) is 0 Å². The van der Waals surface area contributed by atoms with Crippen LogP contribution >= 0.6 is 0 Å². The molecule has 4 heteroatoms. The maximum absolute atomic E-state index is 5.36. The summed E-state index contributed by atoms with van der Waals surface area (Å²) in [6, 6.07) is 0. The van der Waals surface area contributed by atoms with Gasteiger partial charge in [-0.05, 0) is 13.0 Å². The summed E-state index contributed by atoms with van der Waals surface area (Å²) >= 11 is 0. The molecule has 0 aliphatic heterocycles. The fourth-order valence-corrected chi connectivity index (χ4v) is 0.908. The van der Waals surface area contributed by atoms with Crippen molar-refractivity contribution in [2.45, 2.75) is 13.0 Å². The Hall–Kier alpha value is -0.540. The Labute approximate surface area is 73.2 Å². The Balaban J connectivity index is 0.000001000. The van der Waals surface area contributed by atoms with Gasteiger partial charge in [-0.2, -0.15) is 0 Å². The lowest BCUT2D eigenvalue weighted by Crippen LogP contribution is -3.00. The van der Waals surface area contributed by atoms with Gasteiger partial charge < -0.3 is 18.1 Å². The second-order valence-electron chi connectivity index (χ2n) is 2.46. The topological polar surface area (TPSA) is 34.8 Å². The third kappa shape index (κ3) is 3.39. The number of aryl methyl sites for hydroxylation is 2. The van der Waals surface area contributed by atoms with E-state index in [4.69, 9.17) is 5.73 Å². The molecule has 0 unspecified atom stereocenters. The molecular weight excluding hydrogens is 162 g/mol. The SMILES string of the molecule is C[n+]1ccn(CCCN)c1.[Cl-]. The molecule has 0 bridgehead atoms. The van der Waals surface area contributed by atoms with Crippen molar-refractivity contribution in [2.75, 3.05) is 6.54 Å². The summed E-state index contributed by atoms with van der Waals surface area (Å²) in [5, 5.41) is 0. The lowest BCUT2D eigenvalue weighted by Gasteiger charge is -1.90. The van der Waals surface area contributed by atoms with E-state index in [9.17, 15) is 0 Å². The highest BCUT2D eigenvalue weighted by Crippen LogP contribution is 1.85. The number of hydrogen-bond donors (Lipinski definition) is 1. The fourth-order valence-electron chi connectivity index (χ4n) is 0.908. The van der Waals surface area contributed by atoms with Gasteiger partial charge in [-0.1, -0.05) is 0 Å². The van der Waals surface area contributed by atoms with Crippen LogP contribution in [0.25, 0.3) is 0 Å².